The van der Waals surface area contributed by atoms with Crippen LogP contribution in [0.3, 0.4) is 0 Å². The second-order valence-corrected chi connectivity index (χ2v) is 5.62. The number of pyridine rings is 1. The Morgan fingerprint density at radius 3 is 2.76 bits per heavy atom. The first-order valence-electron chi connectivity index (χ1n) is 6.78. The average molecular weight is 309 g/mol. The molecule has 2 aromatic rings. The lowest BCUT2D eigenvalue weighted by Crippen LogP contribution is -2.36. The summed E-state index contributed by atoms with van der Waals surface area (Å²) < 4.78 is 13.5. The van der Waals surface area contributed by atoms with E-state index in [1.807, 2.05) is 6.07 Å². The molecule has 0 aliphatic carbocycles. The zero-order valence-corrected chi connectivity index (χ0v) is 12.0. The van der Waals surface area contributed by atoms with Crippen LogP contribution in [-0.4, -0.2) is 29.1 Å². The van der Waals surface area contributed by atoms with Crippen molar-refractivity contribution >= 4 is 34.2 Å². The van der Waals surface area contributed by atoms with Gasteiger partial charge in [-0.2, -0.15) is 0 Å². The van der Waals surface area contributed by atoms with E-state index in [0.717, 1.165) is 11.1 Å². The van der Waals surface area contributed by atoms with Gasteiger partial charge in [-0.05, 0) is 25.0 Å². The summed E-state index contributed by atoms with van der Waals surface area (Å²) in [6.07, 6.45) is 2.84. The van der Waals surface area contributed by atoms with Crippen molar-refractivity contribution in [1.82, 2.24) is 4.98 Å². The predicted molar refractivity (Wildman–Crippen MR) is 79.3 cm³/mol. The maximum absolute atomic E-state index is 13.5. The standard InChI is InChI=1S/C15H14ClFN2O2/c16-11-7-10-13(8-12(11)17)18-4-1-14(10)19-5-2-9(3-6-19)15(20)21/h1,4,7-9H,2-3,5-6H2,(H,20,21). The molecule has 1 N–H and O–H groups in total. The maximum atomic E-state index is 13.5. The van der Waals surface area contributed by atoms with Gasteiger partial charge in [0.2, 0.25) is 0 Å². The number of carboxylic acids is 1. The fourth-order valence-electron chi connectivity index (χ4n) is 2.77. The number of hydrogen-bond donors (Lipinski definition) is 1. The highest BCUT2D eigenvalue weighted by Gasteiger charge is 2.25. The Kier molecular flexibility index (Phi) is 3.68. The Labute approximate surface area is 126 Å². The fourth-order valence-corrected chi connectivity index (χ4v) is 2.93. The van der Waals surface area contributed by atoms with Crippen LogP contribution in [0.2, 0.25) is 5.02 Å². The molecule has 0 saturated carbocycles. The van der Waals surface area contributed by atoms with Crippen molar-refractivity contribution in [1.29, 1.82) is 0 Å². The highest BCUT2D eigenvalue weighted by Crippen LogP contribution is 2.32. The third-order valence-corrected chi connectivity index (χ3v) is 4.24. The van der Waals surface area contributed by atoms with Crippen molar-refractivity contribution in [2.45, 2.75) is 12.8 Å². The summed E-state index contributed by atoms with van der Waals surface area (Å²) in [4.78, 5) is 17.3. The molecule has 0 bridgehead atoms. The van der Waals surface area contributed by atoms with E-state index in [9.17, 15) is 9.18 Å². The second kappa shape index (κ2) is 5.48. The molecule has 21 heavy (non-hydrogen) atoms. The molecule has 0 spiro atoms. The van der Waals surface area contributed by atoms with E-state index in [-0.39, 0.29) is 10.9 Å². The molecule has 4 nitrogen and oxygen atoms in total. The van der Waals surface area contributed by atoms with Gasteiger partial charge >= 0.3 is 5.97 Å². The summed E-state index contributed by atoms with van der Waals surface area (Å²) in [5.41, 5.74) is 1.47. The van der Waals surface area contributed by atoms with Gasteiger partial charge in [0, 0.05) is 36.4 Å². The quantitative estimate of drug-likeness (QED) is 0.924. The first-order chi connectivity index (χ1) is 10.1. The lowest BCUT2D eigenvalue weighted by Gasteiger charge is -2.32. The highest BCUT2D eigenvalue weighted by atomic mass is 35.5. The normalized spacial score (nSPS) is 16.4. The van der Waals surface area contributed by atoms with Crippen molar-refractivity contribution in [2.75, 3.05) is 18.0 Å². The topological polar surface area (TPSA) is 53.4 Å². The molecular weight excluding hydrogens is 295 g/mol. The molecule has 0 unspecified atom stereocenters. The van der Waals surface area contributed by atoms with Crippen molar-refractivity contribution < 1.29 is 14.3 Å². The monoisotopic (exact) mass is 308 g/mol. The van der Waals surface area contributed by atoms with E-state index in [1.54, 1.807) is 12.3 Å². The molecule has 110 valence electrons. The zero-order valence-electron chi connectivity index (χ0n) is 11.2. The Balaban J connectivity index is 1.94. The number of piperidine rings is 1. The van der Waals surface area contributed by atoms with Crippen LogP contribution >= 0.6 is 11.6 Å². The van der Waals surface area contributed by atoms with Gasteiger partial charge in [0.1, 0.15) is 5.82 Å². The number of aliphatic carboxylic acids is 1. The van der Waals surface area contributed by atoms with Crippen molar-refractivity contribution in [3.05, 3.63) is 35.2 Å². The van der Waals surface area contributed by atoms with Crippen LogP contribution in [0.25, 0.3) is 10.9 Å². The van der Waals surface area contributed by atoms with Crippen LogP contribution in [0.5, 0.6) is 0 Å². The molecule has 0 amide bonds. The number of carbonyl (C=O) groups is 1. The highest BCUT2D eigenvalue weighted by molar-refractivity contribution is 6.31. The Morgan fingerprint density at radius 2 is 2.10 bits per heavy atom. The summed E-state index contributed by atoms with van der Waals surface area (Å²) in [5, 5.41) is 9.90. The largest absolute Gasteiger partial charge is 0.481 e. The maximum Gasteiger partial charge on any atom is 0.306 e. The lowest BCUT2D eigenvalue weighted by atomic mass is 9.96. The minimum absolute atomic E-state index is 0.0668. The van der Waals surface area contributed by atoms with E-state index in [1.165, 1.54) is 6.07 Å². The van der Waals surface area contributed by atoms with Crippen molar-refractivity contribution in [3.63, 3.8) is 0 Å². The number of halogens is 2. The molecule has 3 rings (SSSR count). The summed E-state index contributed by atoms with van der Waals surface area (Å²) >= 11 is 5.86. The number of benzene rings is 1. The minimum atomic E-state index is -0.737. The number of hydrogen-bond acceptors (Lipinski definition) is 3. The van der Waals surface area contributed by atoms with Gasteiger partial charge in [-0.15, -0.1) is 0 Å². The Bertz CT molecular complexity index is 699. The lowest BCUT2D eigenvalue weighted by molar-refractivity contribution is -0.142. The Hall–Kier alpha value is -1.88. The Morgan fingerprint density at radius 1 is 1.38 bits per heavy atom. The van der Waals surface area contributed by atoms with Gasteiger partial charge in [-0.3, -0.25) is 9.78 Å². The number of carboxylic acid groups (broad SMARTS) is 1. The van der Waals surface area contributed by atoms with Crippen LogP contribution in [0.15, 0.2) is 24.4 Å². The van der Waals surface area contributed by atoms with Gasteiger partial charge in [-0.25, -0.2) is 4.39 Å². The summed E-state index contributed by atoms with van der Waals surface area (Å²) in [5.74, 6) is -1.51. The van der Waals surface area contributed by atoms with Crippen LogP contribution in [0, 0.1) is 11.7 Å². The first kappa shape index (κ1) is 14.1. The fraction of sp³-hybridized carbons (Fsp3) is 0.333. The van der Waals surface area contributed by atoms with Crippen molar-refractivity contribution in [3.8, 4) is 0 Å². The SMILES string of the molecule is O=C(O)C1CCN(c2ccnc3cc(F)c(Cl)cc23)CC1. The second-order valence-electron chi connectivity index (χ2n) is 5.21. The molecular formula is C15H14ClFN2O2. The molecule has 0 radical (unpaired) electrons. The van der Waals surface area contributed by atoms with Gasteiger partial charge in [0.25, 0.3) is 0 Å². The summed E-state index contributed by atoms with van der Waals surface area (Å²) in [6.45, 7) is 1.32. The van der Waals surface area contributed by atoms with Gasteiger partial charge < -0.3 is 10.0 Å². The molecule has 1 aliphatic heterocycles. The number of fused-ring (bicyclic) bond motifs is 1. The van der Waals surface area contributed by atoms with Gasteiger partial charge in [-0.1, -0.05) is 11.6 Å². The van der Waals surface area contributed by atoms with Crippen LogP contribution < -0.4 is 4.90 Å². The number of nitrogens with zero attached hydrogens (tertiary/aromatic N) is 2. The summed E-state index contributed by atoms with van der Waals surface area (Å²) in [6, 6.07) is 4.76. The predicted octanol–water partition coefficient (Wildman–Crippen LogP) is 3.33. The molecule has 6 heteroatoms. The van der Waals surface area contributed by atoms with E-state index in [0.29, 0.717) is 31.4 Å². The van der Waals surface area contributed by atoms with Crippen LogP contribution in [-0.2, 0) is 4.79 Å². The smallest absolute Gasteiger partial charge is 0.306 e. The molecule has 1 aromatic carbocycles. The van der Waals surface area contributed by atoms with Crippen LogP contribution in [0.4, 0.5) is 10.1 Å². The zero-order chi connectivity index (χ0) is 15.0. The number of aromatic nitrogens is 1. The van der Waals surface area contributed by atoms with E-state index >= 15 is 0 Å². The average Bonchev–Trinajstić information content (AvgIpc) is 2.48. The molecule has 0 atom stereocenters. The number of rotatable bonds is 2. The molecule has 1 saturated heterocycles. The number of anilines is 1. The third-order valence-electron chi connectivity index (χ3n) is 3.95. The summed E-state index contributed by atoms with van der Waals surface area (Å²) in [7, 11) is 0. The van der Waals surface area contributed by atoms with E-state index in [4.69, 9.17) is 16.7 Å². The van der Waals surface area contributed by atoms with Gasteiger partial charge in [0.05, 0.1) is 16.5 Å². The molecule has 1 fully saturated rings. The third kappa shape index (κ3) is 2.65. The van der Waals surface area contributed by atoms with Gasteiger partial charge in [0.15, 0.2) is 0 Å². The molecule has 1 aromatic heterocycles. The van der Waals surface area contributed by atoms with Crippen LogP contribution in [0.1, 0.15) is 12.8 Å². The van der Waals surface area contributed by atoms with E-state index in [2.05, 4.69) is 9.88 Å². The molecule has 1 aliphatic rings. The van der Waals surface area contributed by atoms with Crippen molar-refractivity contribution in [2.24, 2.45) is 5.92 Å². The minimum Gasteiger partial charge on any atom is -0.481 e. The molecule has 2 heterocycles. The van der Waals surface area contributed by atoms with E-state index < -0.39 is 11.8 Å². The first-order valence-corrected chi connectivity index (χ1v) is 7.15.